The zero-order chi connectivity index (χ0) is 17.0. The van der Waals surface area contributed by atoms with E-state index in [9.17, 15) is 4.79 Å². The van der Waals surface area contributed by atoms with Crippen LogP contribution in [0.15, 0.2) is 36.4 Å². The van der Waals surface area contributed by atoms with Crippen LogP contribution >= 0.6 is 0 Å². The van der Waals surface area contributed by atoms with Gasteiger partial charge in [0, 0.05) is 0 Å². The number of hydrogen-bond acceptors (Lipinski definition) is 2. The number of carbonyl (C=O) groups excluding carboxylic acids is 1. The molecule has 0 spiro atoms. The molecule has 0 saturated heterocycles. The molecule has 0 radical (unpaired) electrons. The number of rotatable bonds is 5. The maximum atomic E-state index is 12.1. The molecule has 0 fully saturated rings. The molecule has 0 unspecified atom stereocenters. The fourth-order valence-corrected chi connectivity index (χ4v) is 2.57. The first-order valence-electron chi connectivity index (χ1n) is 7.93. The average Bonchev–Trinajstić information content (AvgIpc) is 2.47. The van der Waals surface area contributed by atoms with Crippen LogP contribution < -0.4 is 10.1 Å². The predicted molar refractivity (Wildman–Crippen MR) is 93.9 cm³/mol. The summed E-state index contributed by atoms with van der Waals surface area (Å²) in [5.41, 5.74) is 5.85. The lowest BCUT2D eigenvalue weighted by atomic mass is 10.0. The summed E-state index contributed by atoms with van der Waals surface area (Å²) < 4.78 is 5.60. The van der Waals surface area contributed by atoms with Crippen LogP contribution in [0.4, 0.5) is 0 Å². The topological polar surface area (TPSA) is 38.3 Å². The van der Waals surface area contributed by atoms with E-state index in [-0.39, 0.29) is 18.6 Å². The fraction of sp³-hybridized carbons (Fsp3) is 0.350. The largest absolute Gasteiger partial charge is 0.484 e. The van der Waals surface area contributed by atoms with Gasteiger partial charge in [-0.15, -0.1) is 0 Å². The molecule has 0 aliphatic rings. The Morgan fingerprint density at radius 3 is 2.26 bits per heavy atom. The number of ether oxygens (including phenoxy) is 1. The number of aryl methyl sites for hydroxylation is 4. The van der Waals surface area contributed by atoms with E-state index in [2.05, 4.69) is 43.4 Å². The third-order valence-corrected chi connectivity index (χ3v) is 3.97. The molecule has 0 bridgehead atoms. The Morgan fingerprint density at radius 1 is 1.00 bits per heavy atom. The summed E-state index contributed by atoms with van der Waals surface area (Å²) in [7, 11) is 0. The van der Waals surface area contributed by atoms with E-state index in [4.69, 9.17) is 4.74 Å². The molecule has 3 heteroatoms. The van der Waals surface area contributed by atoms with Crippen molar-refractivity contribution in [3.8, 4) is 5.75 Å². The van der Waals surface area contributed by atoms with Crippen LogP contribution in [0.3, 0.4) is 0 Å². The van der Waals surface area contributed by atoms with Gasteiger partial charge in [0.1, 0.15) is 5.75 Å². The molecular formula is C20H25NO2. The van der Waals surface area contributed by atoms with Gasteiger partial charge in [-0.2, -0.15) is 0 Å². The lowest BCUT2D eigenvalue weighted by molar-refractivity contribution is -0.123. The van der Waals surface area contributed by atoms with Crippen LogP contribution in [0.2, 0.25) is 0 Å². The fourth-order valence-electron chi connectivity index (χ4n) is 2.57. The smallest absolute Gasteiger partial charge is 0.258 e. The van der Waals surface area contributed by atoms with Gasteiger partial charge in [0.2, 0.25) is 0 Å². The van der Waals surface area contributed by atoms with Crippen LogP contribution in [-0.4, -0.2) is 12.5 Å². The number of hydrogen-bond donors (Lipinski definition) is 1. The maximum Gasteiger partial charge on any atom is 0.258 e. The Labute approximate surface area is 138 Å². The molecule has 0 aliphatic heterocycles. The number of amides is 1. The first-order valence-corrected chi connectivity index (χ1v) is 7.93. The van der Waals surface area contributed by atoms with Crippen molar-refractivity contribution in [1.29, 1.82) is 0 Å². The molecule has 3 nitrogen and oxygen atoms in total. The Morgan fingerprint density at radius 2 is 1.65 bits per heavy atom. The molecule has 2 rings (SSSR count). The van der Waals surface area contributed by atoms with Gasteiger partial charge in [-0.3, -0.25) is 4.79 Å². The zero-order valence-electron chi connectivity index (χ0n) is 14.6. The van der Waals surface area contributed by atoms with Gasteiger partial charge in [0.15, 0.2) is 6.61 Å². The molecule has 0 saturated carbocycles. The minimum atomic E-state index is -0.116. The van der Waals surface area contributed by atoms with Gasteiger partial charge in [-0.25, -0.2) is 0 Å². The van der Waals surface area contributed by atoms with Gasteiger partial charge in [0.25, 0.3) is 5.91 Å². The van der Waals surface area contributed by atoms with Crippen molar-refractivity contribution >= 4 is 5.91 Å². The maximum absolute atomic E-state index is 12.1. The molecule has 122 valence electrons. The third kappa shape index (κ3) is 4.85. The number of carbonyl (C=O) groups is 1. The van der Waals surface area contributed by atoms with Gasteiger partial charge >= 0.3 is 0 Å². The monoisotopic (exact) mass is 311 g/mol. The second-order valence-electron chi connectivity index (χ2n) is 6.24. The molecule has 2 aromatic rings. The summed E-state index contributed by atoms with van der Waals surface area (Å²) in [4.78, 5) is 12.1. The van der Waals surface area contributed by atoms with Crippen molar-refractivity contribution in [3.05, 3.63) is 64.2 Å². The molecule has 1 N–H and O–H groups in total. The van der Waals surface area contributed by atoms with Crippen LogP contribution in [0.25, 0.3) is 0 Å². The van der Waals surface area contributed by atoms with Crippen LogP contribution in [-0.2, 0) is 4.79 Å². The van der Waals surface area contributed by atoms with Crippen molar-refractivity contribution in [2.24, 2.45) is 0 Å². The van der Waals surface area contributed by atoms with E-state index < -0.39 is 0 Å². The van der Waals surface area contributed by atoms with Crippen LogP contribution in [0.5, 0.6) is 5.75 Å². The molecule has 0 aliphatic carbocycles. The highest BCUT2D eigenvalue weighted by molar-refractivity contribution is 5.78. The number of nitrogens with one attached hydrogen (secondary N) is 1. The quantitative estimate of drug-likeness (QED) is 0.899. The van der Waals surface area contributed by atoms with Gasteiger partial charge in [-0.1, -0.05) is 24.3 Å². The van der Waals surface area contributed by atoms with E-state index in [1.807, 2.05) is 32.9 Å². The van der Waals surface area contributed by atoms with Gasteiger partial charge in [0.05, 0.1) is 6.04 Å². The van der Waals surface area contributed by atoms with E-state index in [0.717, 1.165) is 22.4 Å². The molecule has 1 atom stereocenters. The van der Waals surface area contributed by atoms with E-state index in [0.29, 0.717) is 0 Å². The summed E-state index contributed by atoms with van der Waals surface area (Å²) in [5.74, 6) is 0.617. The third-order valence-electron chi connectivity index (χ3n) is 3.97. The van der Waals surface area contributed by atoms with E-state index >= 15 is 0 Å². The summed E-state index contributed by atoms with van der Waals surface area (Å²) in [6, 6.07) is 12.2. The average molecular weight is 311 g/mol. The Kier molecular flexibility index (Phi) is 5.43. The predicted octanol–water partition coefficient (Wildman–Crippen LogP) is 4.18. The first-order chi connectivity index (χ1) is 10.8. The van der Waals surface area contributed by atoms with E-state index in [1.54, 1.807) is 0 Å². The molecule has 0 aromatic heterocycles. The Hall–Kier alpha value is -2.29. The van der Waals surface area contributed by atoms with Gasteiger partial charge < -0.3 is 10.1 Å². The Balaban J connectivity index is 1.92. The molecule has 1 amide bonds. The van der Waals surface area contributed by atoms with Gasteiger partial charge in [-0.05, 0) is 74.6 Å². The lowest BCUT2D eigenvalue weighted by Gasteiger charge is -2.16. The molecule has 2 aromatic carbocycles. The van der Waals surface area contributed by atoms with Crippen molar-refractivity contribution in [3.63, 3.8) is 0 Å². The normalized spacial score (nSPS) is 11.9. The van der Waals surface area contributed by atoms with Crippen molar-refractivity contribution < 1.29 is 9.53 Å². The second kappa shape index (κ2) is 7.32. The van der Waals surface area contributed by atoms with E-state index in [1.165, 1.54) is 11.1 Å². The molecule has 23 heavy (non-hydrogen) atoms. The molecular weight excluding hydrogens is 286 g/mol. The summed E-state index contributed by atoms with van der Waals surface area (Å²) in [5, 5.41) is 2.98. The summed E-state index contributed by atoms with van der Waals surface area (Å²) in [6.07, 6.45) is 0. The van der Waals surface area contributed by atoms with Crippen molar-refractivity contribution in [2.75, 3.05) is 6.61 Å². The zero-order valence-corrected chi connectivity index (χ0v) is 14.6. The van der Waals surface area contributed by atoms with Crippen LogP contribution in [0.1, 0.15) is 40.8 Å². The first kappa shape index (κ1) is 17.1. The lowest BCUT2D eigenvalue weighted by Crippen LogP contribution is -2.31. The minimum absolute atomic E-state index is 0.0259. The number of benzene rings is 2. The minimum Gasteiger partial charge on any atom is -0.484 e. The summed E-state index contributed by atoms with van der Waals surface area (Å²) in [6.45, 7) is 10.2. The Bertz CT molecular complexity index is 687. The highest BCUT2D eigenvalue weighted by Crippen LogP contribution is 2.18. The highest BCUT2D eigenvalue weighted by Gasteiger charge is 2.11. The van der Waals surface area contributed by atoms with Crippen molar-refractivity contribution in [2.45, 2.75) is 40.7 Å². The standard InChI is InChI=1S/C20H25NO2/c1-13-8-14(2)10-19(9-13)23-12-20(22)21-17(5)18-7-6-15(3)16(4)11-18/h6-11,17H,12H2,1-5H3,(H,21,22)/t17-/m0/s1. The summed E-state index contributed by atoms with van der Waals surface area (Å²) >= 11 is 0. The molecule has 0 heterocycles. The SMILES string of the molecule is Cc1cc(C)cc(OCC(=O)N[C@@H](C)c2ccc(C)c(C)c2)c1. The highest BCUT2D eigenvalue weighted by atomic mass is 16.5. The van der Waals surface area contributed by atoms with Crippen molar-refractivity contribution in [1.82, 2.24) is 5.32 Å². The second-order valence-corrected chi connectivity index (χ2v) is 6.24. The van der Waals surface area contributed by atoms with Crippen LogP contribution in [0, 0.1) is 27.7 Å².